The SMILES string of the molecule is Cc1ccc2c(c1)c1c(n2C)CCC(Cc2nc[nH]c2C)C1=O. The van der Waals surface area contributed by atoms with Crippen molar-refractivity contribution < 1.29 is 4.79 Å². The zero-order chi connectivity index (χ0) is 16.1. The quantitative estimate of drug-likeness (QED) is 0.787. The fourth-order valence-corrected chi connectivity index (χ4v) is 3.85. The number of nitrogens with one attached hydrogen (secondary N) is 1. The molecular weight excluding hydrogens is 286 g/mol. The summed E-state index contributed by atoms with van der Waals surface area (Å²) in [6.45, 7) is 4.10. The maximum absolute atomic E-state index is 13.1. The first-order valence-corrected chi connectivity index (χ1v) is 8.17. The number of rotatable bonds is 2. The summed E-state index contributed by atoms with van der Waals surface area (Å²) >= 11 is 0. The van der Waals surface area contributed by atoms with Crippen LogP contribution in [0.4, 0.5) is 0 Å². The van der Waals surface area contributed by atoms with Gasteiger partial charge in [-0.3, -0.25) is 4.79 Å². The molecule has 4 heteroatoms. The number of Topliss-reactive ketones (excluding diaryl/α,β-unsaturated/α-hetero) is 1. The van der Waals surface area contributed by atoms with Gasteiger partial charge in [0, 0.05) is 47.2 Å². The van der Waals surface area contributed by atoms with Crippen molar-refractivity contribution in [1.82, 2.24) is 14.5 Å². The minimum atomic E-state index is 0.0376. The number of benzene rings is 1. The van der Waals surface area contributed by atoms with Gasteiger partial charge >= 0.3 is 0 Å². The van der Waals surface area contributed by atoms with Crippen LogP contribution in [0.1, 0.15) is 39.4 Å². The number of fused-ring (bicyclic) bond motifs is 3. The van der Waals surface area contributed by atoms with Gasteiger partial charge in [0.1, 0.15) is 0 Å². The van der Waals surface area contributed by atoms with Crippen molar-refractivity contribution in [3.63, 3.8) is 0 Å². The van der Waals surface area contributed by atoms with E-state index in [1.807, 2.05) is 6.92 Å². The van der Waals surface area contributed by atoms with Gasteiger partial charge in [0.25, 0.3) is 0 Å². The number of ketones is 1. The van der Waals surface area contributed by atoms with E-state index in [1.165, 1.54) is 11.3 Å². The lowest BCUT2D eigenvalue weighted by Gasteiger charge is -2.21. The first kappa shape index (κ1) is 14.2. The first-order valence-electron chi connectivity index (χ1n) is 8.17. The Balaban J connectivity index is 1.79. The molecule has 1 atom stereocenters. The van der Waals surface area contributed by atoms with Gasteiger partial charge < -0.3 is 9.55 Å². The van der Waals surface area contributed by atoms with Crippen LogP contribution in [0.5, 0.6) is 0 Å². The summed E-state index contributed by atoms with van der Waals surface area (Å²) < 4.78 is 2.19. The third-order valence-electron chi connectivity index (χ3n) is 5.20. The number of imidazole rings is 1. The van der Waals surface area contributed by atoms with Crippen LogP contribution in [0.25, 0.3) is 10.9 Å². The molecule has 1 aliphatic carbocycles. The van der Waals surface area contributed by atoms with Gasteiger partial charge in [-0.2, -0.15) is 0 Å². The second-order valence-corrected chi connectivity index (χ2v) is 6.68. The number of carbonyl (C=O) groups excluding carboxylic acids is 1. The molecule has 0 fully saturated rings. The van der Waals surface area contributed by atoms with Crippen molar-refractivity contribution in [3.8, 4) is 0 Å². The number of nitrogens with zero attached hydrogens (tertiary/aromatic N) is 2. The molecule has 0 saturated carbocycles. The Bertz CT molecular complexity index is 916. The highest BCUT2D eigenvalue weighted by molar-refractivity contribution is 6.11. The molecule has 0 saturated heterocycles. The van der Waals surface area contributed by atoms with E-state index in [2.05, 4.69) is 46.7 Å². The van der Waals surface area contributed by atoms with Crippen LogP contribution >= 0.6 is 0 Å². The van der Waals surface area contributed by atoms with Gasteiger partial charge in [-0.1, -0.05) is 11.6 Å². The Labute approximate surface area is 135 Å². The largest absolute Gasteiger partial charge is 0.348 e. The van der Waals surface area contributed by atoms with Crippen molar-refractivity contribution in [3.05, 3.63) is 52.7 Å². The van der Waals surface area contributed by atoms with Gasteiger partial charge in [0.15, 0.2) is 5.78 Å². The van der Waals surface area contributed by atoms with Crippen molar-refractivity contribution in [2.45, 2.75) is 33.1 Å². The summed E-state index contributed by atoms with van der Waals surface area (Å²) in [5.74, 6) is 0.320. The van der Waals surface area contributed by atoms with E-state index in [9.17, 15) is 4.79 Å². The number of aryl methyl sites for hydroxylation is 3. The molecule has 1 aliphatic rings. The summed E-state index contributed by atoms with van der Waals surface area (Å²) in [4.78, 5) is 20.6. The Morgan fingerprint density at radius 1 is 1.35 bits per heavy atom. The third kappa shape index (κ3) is 2.12. The van der Waals surface area contributed by atoms with Gasteiger partial charge in [-0.05, 0) is 38.8 Å². The zero-order valence-electron chi connectivity index (χ0n) is 13.8. The normalized spacial score (nSPS) is 17.7. The van der Waals surface area contributed by atoms with Crippen LogP contribution in [0.2, 0.25) is 0 Å². The summed E-state index contributed by atoms with van der Waals surface area (Å²) in [7, 11) is 2.07. The molecule has 1 unspecified atom stereocenters. The van der Waals surface area contributed by atoms with E-state index in [1.54, 1.807) is 6.33 Å². The predicted molar refractivity (Wildman–Crippen MR) is 90.8 cm³/mol. The fourth-order valence-electron chi connectivity index (χ4n) is 3.85. The average molecular weight is 307 g/mol. The lowest BCUT2D eigenvalue weighted by Crippen LogP contribution is -2.25. The van der Waals surface area contributed by atoms with E-state index < -0.39 is 0 Å². The highest BCUT2D eigenvalue weighted by Gasteiger charge is 2.32. The summed E-state index contributed by atoms with van der Waals surface area (Å²) in [6.07, 6.45) is 4.31. The molecule has 118 valence electrons. The van der Waals surface area contributed by atoms with Crippen molar-refractivity contribution in [1.29, 1.82) is 0 Å². The molecule has 4 rings (SSSR count). The minimum Gasteiger partial charge on any atom is -0.348 e. The fraction of sp³-hybridized carbons (Fsp3) is 0.368. The van der Waals surface area contributed by atoms with E-state index in [4.69, 9.17) is 0 Å². The number of hydrogen-bond donors (Lipinski definition) is 1. The van der Waals surface area contributed by atoms with Crippen molar-refractivity contribution in [2.24, 2.45) is 13.0 Å². The number of H-pyrrole nitrogens is 1. The maximum atomic E-state index is 13.1. The minimum absolute atomic E-state index is 0.0376. The monoisotopic (exact) mass is 307 g/mol. The molecule has 1 aromatic carbocycles. The molecule has 0 aliphatic heterocycles. The first-order chi connectivity index (χ1) is 11.1. The Kier molecular flexibility index (Phi) is 3.15. The van der Waals surface area contributed by atoms with Crippen LogP contribution in [-0.4, -0.2) is 20.3 Å². The second kappa shape index (κ2) is 5.08. The lowest BCUT2D eigenvalue weighted by atomic mass is 9.82. The van der Waals surface area contributed by atoms with Crippen LogP contribution in [0, 0.1) is 19.8 Å². The Hall–Kier alpha value is -2.36. The average Bonchev–Trinajstić information content (AvgIpc) is 3.05. The van der Waals surface area contributed by atoms with E-state index in [-0.39, 0.29) is 11.7 Å². The Morgan fingerprint density at radius 2 is 2.17 bits per heavy atom. The molecule has 2 heterocycles. The van der Waals surface area contributed by atoms with Crippen LogP contribution in [-0.2, 0) is 19.9 Å². The highest BCUT2D eigenvalue weighted by Crippen LogP contribution is 2.35. The molecule has 4 nitrogen and oxygen atoms in total. The zero-order valence-corrected chi connectivity index (χ0v) is 13.8. The Morgan fingerprint density at radius 3 is 2.91 bits per heavy atom. The second-order valence-electron chi connectivity index (χ2n) is 6.68. The molecule has 0 bridgehead atoms. The molecule has 0 radical (unpaired) electrons. The molecule has 23 heavy (non-hydrogen) atoms. The predicted octanol–water partition coefficient (Wildman–Crippen LogP) is 3.51. The van der Waals surface area contributed by atoms with Crippen LogP contribution in [0.15, 0.2) is 24.5 Å². The summed E-state index contributed by atoms with van der Waals surface area (Å²) in [5.41, 5.74) is 6.57. The molecule has 0 amide bonds. The van der Waals surface area contributed by atoms with E-state index >= 15 is 0 Å². The maximum Gasteiger partial charge on any atom is 0.168 e. The highest BCUT2D eigenvalue weighted by atomic mass is 16.1. The topological polar surface area (TPSA) is 50.7 Å². The van der Waals surface area contributed by atoms with E-state index in [0.717, 1.165) is 47.1 Å². The van der Waals surface area contributed by atoms with Gasteiger partial charge in [-0.25, -0.2) is 4.98 Å². The standard InChI is InChI=1S/C19H21N3O/c1-11-4-6-16-14(8-11)18-17(22(16)3)7-5-13(19(18)23)9-15-12(2)20-10-21-15/h4,6,8,10,13H,5,7,9H2,1-3H3,(H,20,21). The summed E-state index contributed by atoms with van der Waals surface area (Å²) in [5, 5.41) is 1.11. The van der Waals surface area contributed by atoms with E-state index in [0.29, 0.717) is 0 Å². The van der Waals surface area contributed by atoms with Crippen molar-refractivity contribution >= 4 is 16.7 Å². The molecule has 2 aromatic heterocycles. The molecule has 0 spiro atoms. The van der Waals surface area contributed by atoms with Crippen molar-refractivity contribution in [2.75, 3.05) is 0 Å². The third-order valence-corrected chi connectivity index (χ3v) is 5.20. The number of aromatic amines is 1. The molecule has 3 aromatic rings. The lowest BCUT2D eigenvalue weighted by molar-refractivity contribution is 0.0901. The van der Waals surface area contributed by atoms with Crippen LogP contribution < -0.4 is 0 Å². The molecular formula is C19H21N3O. The summed E-state index contributed by atoms with van der Waals surface area (Å²) in [6, 6.07) is 6.39. The number of hydrogen-bond acceptors (Lipinski definition) is 2. The number of carbonyl (C=O) groups is 1. The smallest absolute Gasteiger partial charge is 0.168 e. The van der Waals surface area contributed by atoms with Gasteiger partial charge in [0.05, 0.1) is 12.0 Å². The van der Waals surface area contributed by atoms with Gasteiger partial charge in [0.2, 0.25) is 0 Å². The van der Waals surface area contributed by atoms with Crippen LogP contribution in [0.3, 0.4) is 0 Å². The molecule has 1 N–H and O–H groups in total. The van der Waals surface area contributed by atoms with Gasteiger partial charge in [-0.15, -0.1) is 0 Å². The number of aromatic nitrogens is 3.